The smallest absolute Gasteiger partial charge is 0.387 e. The zero-order valence-electron chi connectivity index (χ0n) is 8.04. The van der Waals surface area contributed by atoms with Gasteiger partial charge in [-0.3, -0.25) is 10.1 Å². The van der Waals surface area contributed by atoms with Crippen molar-refractivity contribution in [1.29, 1.82) is 0 Å². The van der Waals surface area contributed by atoms with Crippen LogP contribution in [0.2, 0.25) is 0 Å². The molecule has 0 bridgehead atoms. The summed E-state index contributed by atoms with van der Waals surface area (Å²) in [5.74, 6) is -3.72. The maximum absolute atomic E-state index is 12.9. The van der Waals surface area contributed by atoms with Crippen molar-refractivity contribution in [2.45, 2.75) is 12.8 Å². The molecule has 0 aliphatic rings. The minimum atomic E-state index is -5.38. The Balaban J connectivity index is 3.34. The quantitative estimate of drug-likeness (QED) is 0.368. The van der Waals surface area contributed by atoms with Gasteiger partial charge in [-0.15, -0.1) is 13.2 Å². The second kappa shape index (κ2) is 4.66. The van der Waals surface area contributed by atoms with Gasteiger partial charge in [-0.2, -0.15) is 9.37 Å². The maximum atomic E-state index is 12.9. The Morgan fingerprint density at radius 3 is 2.33 bits per heavy atom. The summed E-state index contributed by atoms with van der Waals surface area (Å²) in [4.78, 5) is 11.2. The predicted molar refractivity (Wildman–Crippen MR) is 42.5 cm³/mol. The molecule has 0 atom stereocenters. The van der Waals surface area contributed by atoms with Gasteiger partial charge in [0, 0.05) is 6.07 Å². The molecular weight excluding hydrogens is 274 g/mol. The van der Waals surface area contributed by atoms with Crippen molar-refractivity contribution < 1.29 is 36.0 Å². The first-order valence-corrected chi connectivity index (χ1v) is 4.00. The first kappa shape index (κ1) is 14.0. The molecule has 0 radical (unpaired) electrons. The lowest BCUT2D eigenvalue weighted by Crippen LogP contribution is -2.19. The lowest BCUT2D eigenvalue weighted by molar-refractivity contribution is -0.388. The number of pyridine rings is 1. The van der Waals surface area contributed by atoms with E-state index in [0.717, 1.165) is 0 Å². The number of alkyl halides is 5. The summed E-state index contributed by atoms with van der Waals surface area (Å²) in [5.41, 5.74) is -3.00. The summed E-state index contributed by atoms with van der Waals surface area (Å²) in [6.45, 7) is 0. The molecule has 1 rings (SSSR count). The predicted octanol–water partition coefficient (Wildman–Crippen LogP) is 2.97. The highest BCUT2D eigenvalue weighted by Crippen LogP contribution is 2.34. The van der Waals surface area contributed by atoms with Gasteiger partial charge in [-0.25, -0.2) is 8.78 Å². The van der Waals surface area contributed by atoms with E-state index >= 15 is 0 Å². The van der Waals surface area contributed by atoms with Crippen LogP contribution in [0.4, 0.5) is 32.0 Å². The summed E-state index contributed by atoms with van der Waals surface area (Å²) in [5, 5.41) is 10.2. The minimum Gasteiger partial charge on any atom is -0.387 e. The fourth-order valence-corrected chi connectivity index (χ4v) is 0.955. The van der Waals surface area contributed by atoms with E-state index in [2.05, 4.69) is 9.72 Å². The Kier molecular flexibility index (Phi) is 3.62. The van der Waals surface area contributed by atoms with Gasteiger partial charge >= 0.3 is 12.0 Å². The summed E-state index contributed by atoms with van der Waals surface area (Å²) < 4.78 is 76.1. The minimum absolute atomic E-state index is 0.0614. The van der Waals surface area contributed by atoms with E-state index in [-0.39, 0.29) is 6.07 Å². The second-order valence-corrected chi connectivity index (χ2v) is 2.80. The molecule has 0 amide bonds. The van der Waals surface area contributed by atoms with E-state index < -0.39 is 40.8 Å². The summed E-state index contributed by atoms with van der Waals surface area (Å²) in [7, 11) is 0. The third-order valence-corrected chi connectivity index (χ3v) is 1.59. The molecule has 1 aromatic heterocycles. The summed E-state index contributed by atoms with van der Waals surface area (Å²) in [6.07, 6.45) is -8.92. The Morgan fingerprint density at radius 1 is 1.39 bits per heavy atom. The van der Waals surface area contributed by atoms with Gasteiger partial charge < -0.3 is 4.74 Å². The van der Waals surface area contributed by atoms with Crippen molar-refractivity contribution in [2.24, 2.45) is 0 Å². The fraction of sp³-hybridized carbons (Fsp3) is 0.286. The van der Waals surface area contributed by atoms with Gasteiger partial charge in [-0.05, 0) is 0 Å². The molecule has 18 heavy (non-hydrogen) atoms. The molecular formula is C7H2F6N2O3. The highest BCUT2D eigenvalue weighted by Gasteiger charge is 2.36. The van der Waals surface area contributed by atoms with E-state index in [1.807, 2.05) is 0 Å². The van der Waals surface area contributed by atoms with E-state index in [0.29, 0.717) is 0 Å². The number of aromatic nitrogens is 1. The monoisotopic (exact) mass is 276 g/mol. The fourth-order valence-electron chi connectivity index (χ4n) is 0.955. The molecule has 0 spiro atoms. The zero-order valence-corrected chi connectivity index (χ0v) is 8.04. The van der Waals surface area contributed by atoms with Crippen LogP contribution < -0.4 is 4.74 Å². The third kappa shape index (κ3) is 3.21. The average molecular weight is 276 g/mol. The van der Waals surface area contributed by atoms with Crippen LogP contribution in [0.25, 0.3) is 0 Å². The van der Waals surface area contributed by atoms with Crippen LogP contribution in [0, 0.1) is 16.1 Å². The number of ether oxygens (including phenoxy) is 1. The van der Waals surface area contributed by atoms with Crippen LogP contribution >= 0.6 is 0 Å². The molecule has 0 aromatic carbocycles. The van der Waals surface area contributed by atoms with Gasteiger partial charge in [0.2, 0.25) is 5.88 Å². The van der Waals surface area contributed by atoms with E-state index in [1.165, 1.54) is 0 Å². The van der Waals surface area contributed by atoms with Crippen molar-refractivity contribution in [3.05, 3.63) is 27.7 Å². The van der Waals surface area contributed by atoms with Gasteiger partial charge in [0.1, 0.15) is 0 Å². The second-order valence-electron chi connectivity index (χ2n) is 2.80. The largest absolute Gasteiger partial charge is 0.574 e. The molecule has 0 unspecified atom stereocenters. The van der Waals surface area contributed by atoms with E-state index in [9.17, 15) is 36.5 Å². The molecule has 0 saturated heterocycles. The van der Waals surface area contributed by atoms with Crippen LogP contribution in [0.15, 0.2) is 6.07 Å². The molecule has 1 heterocycles. The van der Waals surface area contributed by atoms with Crippen molar-refractivity contribution in [1.82, 2.24) is 4.98 Å². The molecule has 5 nitrogen and oxygen atoms in total. The number of nitrogens with zero attached hydrogens (tertiary/aromatic N) is 2. The van der Waals surface area contributed by atoms with Crippen molar-refractivity contribution in [3.63, 3.8) is 0 Å². The topological polar surface area (TPSA) is 65.3 Å². The molecule has 100 valence electrons. The average Bonchev–Trinajstić information content (AvgIpc) is 2.13. The Labute approximate surface area is 94.1 Å². The standard InChI is InChI=1S/C7H2F6N2O3/c8-4(9)2-1-3(15(16)17)5(10)14-6(2)18-7(11,12)13/h1,4H. The first-order chi connectivity index (χ1) is 8.11. The SMILES string of the molecule is O=[N+]([O-])c1cc(C(F)F)c(OC(F)(F)F)nc1F. The molecule has 1 aromatic rings. The van der Waals surface area contributed by atoms with Gasteiger partial charge in [0.05, 0.1) is 10.5 Å². The first-order valence-electron chi connectivity index (χ1n) is 4.00. The van der Waals surface area contributed by atoms with Crippen LogP contribution in [-0.2, 0) is 0 Å². The number of halogens is 6. The van der Waals surface area contributed by atoms with Gasteiger partial charge in [-0.1, -0.05) is 0 Å². The Morgan fingerprint density at radius 2 is 1.94 bits per heavy atom. The van der Waals surface area contributed by atoms with E-state index in [4.69, 9.17) is 0 Å². The van der Waals surface area contributed by atoms with Crippen LogP contribution in [0.3, 0.4) is 0 Å². The lowest BCUT2D eigenvalue weighted by Gasteiger charge is -2.11. The summed E-state index contributed by atoms with van der Waals surface area (Å²) >= 11 is 0. The zero-order chi connectivity index (χ0) is 14.1. The highest BCUT2D eigenvalue weighted by molar-refractivity contribution is 5.39. The molecule has 0 saturated carbocycles. The Hall–Kier alpha value is -2.07. The van der Waals surface area contributed by atoms with Crippen molar-refractivity contribution in [3.8, 4) is 5.88 Å². The van der Waals surface area contributed by atoms with Gasteiger partial charge in [0.25, 0.3) is 12.4 Å². The molecule has 0 N–H and O–H groups in total. The normalized spacial score (nSPS) is 11.7. The van der Waals surface area contributed by atoms with Crippen molar-refractivity contribution in [2.75, 3.05) is 0 Å². The van der Waals surface area contributed by atoms with Crippen LogP contribution in [0.1, 0.15) is 12.0 Å². The number of nitro groups is 1. The maximum Gasteiger partial charge on any atom is 0.574 e. The van der Waals surface area contributed by atoms with E-state index in [1.54, 1.807) is 0 Å². The van der Waals surface area contributed by atoms with Crippen LogP contribution in [0.5, 0.6) is 5.88 Å². The third-order valence-electron chi connectivity index (χ3n) is 1.59. The molecule has 0 aliphatic heterocycles. The lowest BCUT2D eigenvalue weighted by atomic mass is 10.2. The number of hydrogen-bond donors (Lipinski definition) is 0. The van der Waals surface area contributed by atoms with Gasteiger partial charge in [0.15, 0.2) is 0 Å². The molecule has 0 aliphatic carbocycles. The highest BCUT2D eigenvalue weighted by atomic mass is 19.4. The number of rotatable bonds is 3. The summed E-state index contributed by atoms with van der Waals surface area (Å²) in [6, 6.07) is -0.0614. The number of hydrogen-bond acceptors (Lipinski definition) is 4. The molecule has 11 heteroatoms. The Bertz CT molecular complexity index is 475. The molecule has 0 fully saturated rings. The van der Waals surface area contributed by atoms with Crippen molar-refractivity contribution >= 4 is 5.69 Å². The van der Waals surface area contributed by atoms with Crippen LogP contribution in [-0.4, -0.2) is 16.3 Å².